The van der Waals surface area contributed by atoms with Crippen LogP contribution in [0.2, 0.25) is 0 Å². The van der Waals surface area contributed by atoms with Crippen LogP contribution in [0, 0.1) is 13.8 Å². The molecule has 134 valence electrons. The molecule has 0 bridgehead atoms. The smallest absolute Gasteiger partial charge is 0.257 e. The Labute approximate surface area is 156 Å². The molecule has 2 aromatic carbocycles. The number of hydrogen-bond acceptors (Lipinski definition) is 5. The summed E-state index contributed by atoms with van der Waals surface area (Å²) in [5.41, 5.74) is 4.22. The van der Waals surface area contributed by atoms with Gasteiger partial charge in [0.05, 0.1) is 19.9 Å². The lowest BCUT2D eigenvalue weighted by atomic mass is 10.1. The van der Waals surface area contributed by atoms with Crippen molar-refractivity contribution in [2.24, 2.45) is 0 Å². The van der Waals surface area contributed by atoms with E-state index < -0.39 is 0 Å². The van der Waals surface area contributed by atoms with E-state index in [0.717, 1.165) is 22.4 Å². The average molecular weight is 368 g/mol. The molecule has 1 heterocycles. The Hall–Kier alpha value is -2.86. The number of aromatic nitrogens is 1. The molecule has 5 nitrogen and oxygen atoms in total. The first kappa shape index (κ1) is 17.9. The van der Waals surface area contributed by atoms with E-state index in [1.807, 2.05) is 55.6 Å². The molecule has 0 fully saturated rings. The molecular formula is C20H20N2O3S. The second kappa shape index (κ2) is 7.58. The van der Waals surface area contributed by atoms with E-state index >= 15 is 0 Å². The van der Waals surface area contributed by atoms with Crippen LogP contribution in [0.15, 0.2) is 41.8 Å². The van der Waals surface area contributed by atoms with Gasteiger partial charge in [0.2, 0.25) is 0 Å². The number of thiazole rings is 1. The van der Waals surface area contributed by atoms with Crippen molar-refractivity contribution < 1.29 is 14.3 Å². The van der Waals surface area contributed by atoms with Crippen molar-refractivity contribution in [1.82, 2.24) is 4.98 Å². The fourth-order valence-electron chi connectivity index (χ4n) is 2.61. The van der Waals surface area contributed by atoms with E-state index in [-0.39, 0.29) is 5.91 Å². The second-order valence-corrected chi connectivity index (χ2v) is 6.73. The van der Waals surface area contributed by atoms with E-state index in [4.69, 9.17) is 9.47 Å². The number of ether oxygens (including phenoxy) is 2. The van der Waals surface area contributed by atoms with Crippen LogP contribution in [0.4, 0.5) is 5.13 Å². The molecule has 0 aliphatic carbocycles. The molecule has 1 amide bonds. The van der Waals surface area contributed by atoms with Crippen molar-refractivity contribution in [3.05, 3.63) is 58.5 Å². The van der Waals surface area contributed by atoms with E-state index in [9.17, 15) is 4.79 Å². The highest BCUT2D eigenvalue weighted by Crippen LogP contribution is 2.35. The Morgan fingerprint density at radius 3 is 2.62 bits per heavy atom. The van der Waals surface area contributed by atoms with Crippen LogP contribution in [0.5, 0.6) is 11.5 Å². The molecule has 0 aliphatic heterocycles. The summed E-state index contributed by atoms with van der Waals surface area (Å²) in [5.74, 6) is 1.22. The van der Waals surface area contributed by atoms with Crippen LogP contribution < -0.4 is 14.8 Å². The predicted molar refractivity (Wildman–Crippen MR) is 105 cm³/mol. The summed E-state index contributed by atoms with van der Waals surface area (Å²) in [5, 5.41) is 5.32. The Morgan fingerprint density at radius 2 is 1.88 bits per heavy atom. The van der Waals surface area contributed by atoms with Gasteiger partial charge in [0.15, 0.2) is 5.13 Å². The first-order valence-corrected chi connectivity index (χ1v) is 8.96. The molecule has 0 atom stereocenters. The summed E-state index contributed by atoms with van der Waals surface area (Å²) in [6, 6.07) is 11.4. The zero-order chi connectivity index (χ0) is 18.7. The fourth-order valence-corrected chi connectivity index (χ4v) is 3.32. The molecule has 0 radical (unpaired) electrons. The molecule has 3 aromatic rings. The monoisotopic (exact) mass is 368 g/mol. The molecule has 0 spiro atoms. The van der Waals surface area contributed by atoms with Crippen molar-refractivity contribution in [3.8, 4) is 22.8 Å². The summed E-state index contributed by atoms with van der Waals surface area (Å²) in [6.07, 6.45) is 0. The third-order valence-electron chi connectivity index (χ3n) is 4.05. The van der Waals surface area contributed by atoms with Crippen LogP contribution in [0.25, 0.3) is 11.3 Å². The number of nitrogens with one attached hydrogen (secondary N) is 1. The molecule has 3 rings (SSSR count). The number of anilines is 1. The lowest BCUT2D eigenvalue weighted by Crippen LogP contribution is -2.13. The maximum absolute atomic E-state index is 12.6. The third kappa shape index (κ3) is 3.70. The predicted octanol–water partition coefficient (Wildman–Crippen LogP) is 4.70. The SMILES string of the molecule is COc1ccc(-c2csc(NC(=O)c3cc(C)ccc3C)n2)c(OC)c1. The average Bonchev–Trinajstić information content (AvgIpc) is 3.11. The fraction of sp³-hybridized carbons (Fsp3) is 0.200. The largest absolute Gasteiger partial charge is 0.497 e. The van der Waals surface area contributed by atoms with Crippen molar-refractivity contribution in [2.75, 3.05) is 19.5 Å². The standard InChI is InChI=1S/C20H20N2O3S/c1-12-5-6-13(2)16(9-12)19(23)22-20-21-17(11-26-20)15-8-7-14(24-3)10-18(15)25-4/h5-11H,1-4H3,(H,21,22,23). The zero-order valence-electron chi connectivity index (χ0n) is 15.1. The van der Waals surface area contributed by atoms with Crippen LogP contribution in [-0.2, 0) is 0 Å². The summed E-state index contributed by atoms with van der Waals surface area (Å²) in [4.78, 5) is 17.1. The number of benzene rings is 2. The first-order valence-electron chi connectivity index (χ1n) is 8.08. The van der Waals surface area contributed by atoms with Crippen LogP contribution >= 0.6 is 11.3 Å². The number of methoxy groups -OCH3 is 2. The van der Waals surface area contributed by atoms with Crippen LogP contribution in [0.3, 0.4) is 0 Å². The lowest BCUT2D eigenvalue weighted by Gasteiger charge is -2.08. The normalized spacial score (nSPS) is 10.5. The van der Waals surface area contributed by atoms with E-state index in [2.05, 4.69) is 10.3 Å². The van der Waals surface area contributed by atoms with Crippen molar-refractivity contribution in [3.63, 3.8) is 0 Å². The van der Waals surface area contributed by atoms with E-state index in [1.165, 1.54) is 11.3 Å². The number of rotatable bonds is 5. The Bertz CT molecular complexity index is 950. The van der Waals surface area contributed by atoms with Crippen molar-refractivity contribution >= 4 is 22.4 Å². The maximum Gasteiger partial charge on any atom is 0.257 e. The second-order valence-electron chi connectivity index (χ2n) is 5.88. The lowest BCUT2D eigenvalue weighted by molar-refractivity contribution is 0.102. The third-order valence-corrected chi connectivity index (χ3v) is 4.80. The highest BCUT2D eigenvalue weighted by molar-refractivity contribution is 7.14. The molecule has 26 heavy (non-hydrogen) atoms. The Kier molecular flexibility index (Phi) is 5.23. The van der Waals surface area contributed by atoms with Gasteiger partial charge in [-0.3, -0.25) is 10.1 Å². The first-order chi connectivity index (χ1) is 12.5. The van der Waals surface area contributed by atoms with Gasteiger partial charge in [0.25, 0.3) is 5.91 Å². The quantitative estimate of drug-likeness (QED) is 0.709. The molecule has 0 saturated heterocycles. The van der Waals surface area contributed by atoms with Crippen LogP contribution in [-0.4, -0.2) is 25.1 Å². The highest BCUT2D eigenvalue weighted by atomic mass is 32.1. The van der Waals surface area contributed by atoms with Crippen LogP contribution in [0.1, 0.15) is 21.5 Å². The van der Waals surface area contributed by atoms with Gasteiger partial charge in [0, 0.05) is 22.6 Å². The minimum atomic E-state index is -0.159. The van der Waals surface area contributed by atoms with Gasteiger partial charge >= 0.3 is 0 Å². The number of carbonyl (C=O) groups excluding carboxylic acids is 1. The van der Waals surface area contributed by atoms with Gasteiger partial charge in [-0.2, -0.15) is 0 Å². The summed E-state index contributed by atoms with van der Waals surface area (Å²) >= 11 is 1.38. The molecule has 0 aliphatic rings. The minimum Gasteiger partial charge on any atom is -0.497 e. The van der Waals surface area contributed by atoms with Crippen molar-refractivity contribution in [2.45, 2.75) is 13.8 Å². The van der Waals surface area contributed by atoms with Crippen molar-refractivity contribution in [1.29, 1.82) is 0 Å². The Morgan fingerprint density at radius 1 is 1.08 bits per heavy atom. The highest BCUT2D eigenvalue weighted by Gasteiger charge is 2.14. The van der Waals surface area contributed by atoms with Gasteiger partial charge < -0.3 is 9.47 Å². The molecule has 1 aromatic heterocycles. The minimum absolute atomic E-state index is 0.159. The number of hydrogen-bond donors (Lipinski definition) is 1. The molecule has 0 saturated carbocycles. The Balaban J connectivity index is 1.84. The number of nitrogens with zero attached hydrogens (tertiary/aromatic N) is 1. The summed E-state index contributed by atoms with van der Waals surface area (Å²) in [7, 11) is 3.21. The summed E-state index contributed by atoms with van der Waals surface area (Å²) in [6.45, 7) is 3.89. The molecule has 6 heteroatoms. The summed E-state index contributed by atoms with van der Waals surface area (Å²) < 4.78 is 10.6. The van der Waals surface area contributed by atoms with Gasteiger partial charge in [-0.15, -0.1) is 11.3 Å². The van der Waals surface area contributed by atoms with Gasteiger partial charge in [-0.1, -0.05) is 17.7 Å². The topological polar surface area (TPSA) is 60.5 Å². The van der Waals surface area contributed by atoms with Gasteiger partial charge in [-0.05, 0) is 37.6 Å². The molecule has 0 unspecified atom stereocenters. The van der Waals surface area contributed by atoms with Gasteiger partial charge in [0.1, 0.15) is 11.5 Å². The zero-order valence-corrected chi connectivity index (χ0v) is 15.9. The number of amides is 1. The van der Waals surface area contributed by atoms with E-state index in [1.54, 1.807) is 14.2 Å². The number of aryl methyl sites for hydroxylation is 2. The molecule has 1 N–H and O–H groups in total. The number of carbonyl (C=O) groups is 1. The van der Waals surface area contributed by atoms with Gasteiger partial charge in [-0.25, -0.2) is 4.98 Å². The van der Waals surface area contributed by atoms with E-state index in [0.29, 0.717) is 22.2 Å². The maximum atomic E-state index is 12.6. The molecular weight excluding hydrogens is 348 g/mol.